The molecular weight excluding hydrogens is 198 g/mol. The van der Waals surface area contributed by atoms with Gasteiger partial charge in [0.1, 0.15) is 0 Å². The highest BCUT2D eigenvalue weighted by Crippen LogP contribution is 2.20. The van der Waals surface area contributed by atoms with Crippen LogP contribution in [0.4, 0.5) is 0 Å². The van der Waals surface area contributed by atoms with Crippen molar-refractivity contribution in [3.8, 4) is 0 Å². The fraction of sp³-hybridized carbons (Fsp3) is 1.00. The van der Waals surface area contributed by atoms with Crippen LogP contribution in [0.3, 0.4) is 0 Å². The van der Waals surface area contributed by atoms with E-state index in [4.69, 9.17) is 5.73 Å². The van der Waals surface area contributed by atoms with Crippen molar-refractivity contribution in [2.45, 2.75) is 45.6 Å². The zero-order chi connectivity index (χ0) is 12.6. The molecular formula is C13H31N3. The number of hydrogen-bond acceptors (Lipinski definition) is 3. The lowest BCUT2D eigenvalue weighted by molar-refractivity contribution is 0.0918. The minimum absolute atomic E-state index is 0.181. The molecule has 0 spiro atoms. The molecule has 0 bridgehead atoms. The molecule has 3 nitrogen and oxygen atoms in total. The van der Waals surface area contributed by atoms with Crippen molar-refractivity contribution in [3.63, 3.8) is 0 Å². The molecule has 0 saturated heterocycles. The molecule has 98 valence electrons. The lowest BCUT2D eigenvalue weighted by atomic mass is 9.93. The first kappa shape index (κ1) is 15.9. The second-order valence-corrected chi connectivity index (χ2v) is 5.24. The molecule has 0 aromatic heterocycles. The minimum atomic E-state index is 0.181. The molecule has 3 heteroatoms. The van der Waals surface area contributed by atoms with Crippen molar-refractivity contribution >= 4 is 0 Å². The van der Waals surface area contributed by atoms with Crippen molar-refractivity contribution in [1.82, 2.24) is 9.80 Å². The van der Waals surface area contributed by atoms with E-state index in [0.717, 1.165) is 26.2 Å². The van der Waals surface area contributed by atoms with Crippen LogP contribution in [0, 0.1) is 0 Å². The molecule has 0 radical (unpaired) electrons. The third kappa shape index (κ3) is 5.28. The van der Waals surface area contributed by atoms with E-state index in [0.29, 0.717) is 0 Å². The van der Waals surface area contributed by atoms with Crippen LogP contribution < -0.4 is 5.73 Å². The van der Waals surface area contributed by atoms with Crippen LogP contribution in [-0.4, -0.2) is 55.6 Å². The normalized spacial score (nSPS) is 15.8. The molecule has 0 fully saturated rings. The van der Waals surface area contributed by atoms with Gasteiger partial charge in [-0.25, -0.2) is 0 Å². The lowest BCUT2D eigenvalue weighted by Gasteiger charge is -2.41. The summed E-state index contributed by atoms with van der Waals surface area (Å²) in [6.07, 6.45) is 3.60. The summed E-state index contributed by atoms with van der Waals surface area (Å²) in [6, 6.07) is 0. The number of rotatable bonds is 9. The highest BCUT2D eigenvalue weighted by molar-refractivity contribution is 4.87. The Bertz CT molecular complexity index is 171. The van der Waals surface area contributed by atoms with Crippen LogP contribution >= 0.6 is 0 Å². The molecule has 0 saturated carbocycles. The summed E-state index contributed by atoms with van der Waals surface area (Å²) < 4.78 is 0. The van der Waals surface area contributed by atoms with Gasteiger partial charge in [-0.1, -0.05) is 20.3 Å². The molecule has 1 unspecified atom stereocenters. The number of nitrogens with zero attached hydrogens (tertiary/aromatic N) is 2. The summed E-state index contributed by atoms with van der Waals surface area (Å²) in [5.41, 5.74) is 6.16. The summed E-state index contributed by atoms with van der Waals surface area (Å²) >= 11 is 0. The van der Waals surface area contributed by atoms with Crippen LogP contribution in [0.5, 0.6) is 0 Å². The van der Waals surface area contributed by atoms with Crippen LogP contribution in [0.25, 0.3) is 0 Å². The van der Waals surface area contributed by atoms with E-state index < -0.39 is 0 Å². The zero-order valence-corrected chi connectivity index (χ0v) is 11.9. The van der Waals surface area contributed by atoms with Gasteiger partial charge in [0.05, 0.1) is 0 Å². The SMILES string of the molecule is CCCN(CCN(C)C)C(C)(CN)CCC. The Morgan fingerprint density at radius 1 is 1.00 bits per heavy atom. The summed E-state index contributed by atoms with van der Waals surface area (Å²) in [7, 11) is 4.26. The van der Waals surface area contributed by atoms with Gasteiger partial charge < -0.3 is 10.6 Å². The minimum Gasteiger partial charge on any atom is -0.329 e. The Labute approximate surface area is 102 Å². The number of hydrogen-bond donors (Lipinski definition) is 1. The fourth-order valence-corrected chi connectivity index (χ4v) is 2.17. The molecule has 1 atom stereocenters. The van der Waals surface area contributed by atoms with Gasteiger partial charge in [0.15, 0.2) is 0 Å². The van der Waals surface area contributed by atoms with E-state index in [2.05, 4.69) is 44.7 Å². The first-order chi connectivity index (χ1) is 7.50. The van der Waals surface area contributed by atoms with Crippen molar-refractivity contribution in [2.24, 2.45) is 5.73 Å². The Hall–Kier alpha value is -0.120. The van der Waals surface area contributed by atoms with Crippen LogP contribution in [0.2, 0.25) is 0 Å². The second-order valence-electron chi connectivity index (χ2n) is 5.24. The Balaban J connectivity index is 4.44. The summed E-state index contributed by atoms with van der Waals surface area (Å²) in [5, 5.41) is 0. The molecule has 0 aliphatic heterocycles. The maximum atomic E-state index is 5.98. The Morgan fingerprint density at radius 2 is 1.62 bits per heavy atom. The Kier molecular flexibility index (Phi) is 7.98. The van der Waals surface area contributed by atoms with Crippen molar-refractivity contribution in [3.05, 3.63) is 0 Å². The van der Waals surface area contributed by atoms with Gasteiger partial charge in [0.2, 0.25) is 0 Å². The topological polar surface area (TPSA) is 32.5 Å². The van der Waals surface area contributed by atoms with E-state index in [9.17, 15) is 0 Å². The molecule has 0 aliphatic rings. The smallest absolute Gasteiger partial charge is 0.0304 e. The molecule has 0 rings (SSSR count). The molecule has 0 aromatic carbocycles. The van der Waals surface area contributed by atoms with Crippen LogP contribution in [0.15, 0.2) is 0 Å². The van der Waals surface area contributed by atoms with Crippen LogP contribution in [0.1, 0.15) is 40.0 Å². The fourth-order valence-electron chi connectivity index (χ4n) is 2.17. The highest BCUT2D eigenvalue weighted by atomic mass is 15.2. The number of nitrogens with two attached hydrogens (primary N) is 1. The van der Waals surface area contributed by atoms with E-state index in [1.807, 2.05) is 0 Å². The van der Waals surface area contributed by atoms with Gasteiger partial charge >= 0.3 is 0 Å². The van der Waals surface area contributed by atoms with E-state index >= 15 is 0 Å². The molecule has 0 aliphatic carbocycles. The first-order valence-electron chi connectivity index (χ1n) is 6.60. The van der Waals surface area contributed by atoms with Crippen LogP contribution in [-0.2, 0) is 0 Å². The molecule has 2 N–H and O–H groups in total. The largest absolute Gasteiger partial charge is 0.329 e. The average Bonchev–Trinajstić information content (AvgIpc) is 2.24. The molecule has 0 heterocycles. The maximum Gasteiger partial charge on any atom is 0.0304 e. The van der Waals surface area contributed by atoms with Gasteiger partial charge in [-0.3, -0.25) is 4.90 Å². The highest BCUT2D eigenvalue weighted by Gasteiger charge is 2.28. The maximum absolute atomic E-state index is 5.98. The molecule has 16 heavy (non-hydrogen) atoms. The van der Waals surface area contributed by atoms with Gasteiger partial charge in [-0.05, 0) is 40.4 Å². The lowest BCUT2D eigenvalue weighted by Crippen LogP contribution is -2.53. The molecule has 0 amide bonds. The summed E-state index contributed by atoms with van der Waals surface area (Å²) in [4.78, 5) is 4.81. The standard InChI is InChI=1S/C13H31N3/c1-6-8-13(3,12-14)16(9-7-2)11-10-15(4)5/h6-12,14H2,1-5H3. The van der Waals surface area contributed by atoms with Gasteiger partial charge in [0, 0.05) is 25.2 Å². The third-order valence-electron chi connectivity index (χ3n) is 3.30. The second kappa shape index (κ2) is 8.04. The van der Waals surface area contributed by atoms with Crippen molar-refractivity contribution in [1.29, 1.82) is 0 Å². The summed E-state index contributed by atoms with van der Waals surface area (Å²) in [6.45, 7) is 10.9. The average molecular weight is 229 g/mol. The van der Waals surface area contributed by atoms with Gasteiger partial charge in [0.25, 0.3) is 0 Å². The predicted octanol–water partition coefficient (Wildman–Crippen LogP) is 1.78. The zero-order valence-electron chi connectivity index (χ0n) is 11.9. The van der Waals surface area contributed by atoms with E-state index in [1.165, 1.54) is 19.3 Å². The van der Waals surface area contributed by atoms with Gasteiger partial charge in [-0.15, -0.1) is 0 Å². The van der Waals surface area contributed by atoms with E-state index in [-0.39, 0.29) is 5.54 Å². The quantitative estimate of drug-likeness (QED) is 0.654. The third-order valence-corrected chi connectivity index (χ3v) is 3.30. The van der Waals surface area contributed by atoms with E-state index in [1.54, 1.807) is 0 Å². The van der Waals surface area contributed by atoms with Gasteiger partial charge in [-0.2, -0.15) is 0 Å². The number of likely N-dealkylation sites (N-methyl/N-ethyl adjacent to an activating group) is 1. The monoisotopic (exact) mass is 229 g/mol. The van der Waals surface area contributed by atoms with Crippen molar-refractivity contribution < 1.29 is 0 Å². The molecule has 0 aromatic rings. The Morgan fingerprint density at radius 3 is 2.00 bits per heavy atom. The first-order valence-corrected chi connectivity index (χ1v) is 6.60. The summed E-state index contributed by atoms with van der Waals surface area (Å²) in [5.74, 6) is 0. The predicted molar refractivity (Wildman–Crippen MR) is 72.8 cm³/mol. The van der Waals surface area contributed by atoms with Crippen molar-refractivity contribution in [2.75, 3.05) is 40.3 Å².